The molecule has 0 atom stereocenters. The van der Waals surface area contributed by atoms with Gasteiger partial charge in [0.15, 0.2) is 0 Å². The van der Waals surface area contributed by atoms with Crippen LogP contribution in [0.15, 0.2) is 107 Å². The van der Waals surface area contributed by atoms with Crippen LogP contribution < -0.4 is 0 Å². The molecule has 0 aliphatic rings. The van der Waals surface area contributed by atoms with E-state index in [9.17, 15) is 4.79 Å². The van der Waals surface area contributed by atoms with E-state index >= 15 is 0 Å². The summed E-state index contributed by atoms with van der Waals surface area (Å²) in [4.78, 5) is 25.4. The molecular formula is C39H44N2O. The number of Topliss-reactive ketones (excluding diaryl/α,β-unsaturated/α-hetero) is 1. The summed E-state index contributed by atoms with van der Waals surface area (Å²) >= 11 is 0. The quantitative estimate of drug-likeness (QED) is 0.179. The Labute approximate surface area is 252 Å². The van der Waals surface area contributed by atoms with E-state index in [1.807, 2.05) is 60.7 Å². The van der Waals surface area contributed by atoms with E-state index in [0.29, 0.717) is 11.4 Å². The molecule has 0 spiro atoms. The Bertz CT molecular complexity index is 1400. The number of carbonyl (C=O) groups is 1. The molecule has 3 heteroatoms. The summed E-state index contributed by atoms with van der Waals surface area (Å²) in [6, 6.07) is 32.3. The standard InChI is InChI=1S/C39H44N2O/c1-25(2)31-21-15-22-32(26(3)4)37(31)40-35(29-17-11-9-12-18-29)39(42)36(30-19-13-10-14-20-30)41-38-33(27(5)6)23-16-24-34(38)28(7)8/h9-28H,1-8H3. The van der Waals surface area contributed by atoms with Crippen molar-refractivity contribution >= 4 is 28.6 Å². The van der Waals surface area contributed by atoms with E-state index in [1.54, 1.807) is 0 Å². The van der Waals surface area contributed by atoms with Gasteiger partial charge in [0.05, 0.1) is 11.4 Å². The molecule has 0 unspecified atom stereocenters. The molecule has 0 aromatic heterocycles. The van der Waals surface area contributed by atoms with Gasteiger partial charge in [0.1, 0.15) is 11.4 Å². The number of benzene rings is 4. The maximum atomic E-state index is 14.9. The highest BCUT2D eigenvalue weighted by atomic mass is 16.1. The summed E-state index contributed by atoms with van der Waals surface area (Å²) in [5, 5.41) is 0. The Morgan fingerprint density at radius 3 is 0.976 bits per heavy atom. The first-order valence-electron chi connectivity index (χ1n) is 15.2. The number of carbonyl (C=O) groups excluding carboxylic acids is 1. The maximum Gasteiger partial charge on any atom is 0.230 e. The van der Waals surface area contributed by atoms with Gasteiger partial charge >= 0.3 is 0 Å². The average molecular weight is 557 g/mol. The van der Waals surface area contributed by atoms with Gasteiger partial charge in [-0.3, -0.25) is 4.79 Å². The number of nitrogens with zero attached hydrogens (tertiary/aromatic N) is 2. The molecule has 0 aliphatic carbocycles. The van der Waals surface area contributed by atoms with Gasteiger partial charge in [-0.2, -0.15) is 0 Å². The second kappa shape index (κ2) is 13.7. The molecule has 3 nitrogen and oxygen atoms in total. The van der Waals surface area contributed by atoms with Crippen molar-refractivity contribution < 1.29 is 4.79 Å². The van der Waals surface area contributed by atoms with Crippen LogP contribution in [0.3, 0.4) is 0 Å². The molecule has 4 rings (SSSR count). The first kappa shape index (κ1) is 30.8. The first-order valence-corrected chi connectivity index (χ1v) is 15.2. The Balaban J connectivity index is 2.06. The van der Waals surface area contributed by atoms with Gasteiger partial charge in [-0.1, -0.05) is 152 Å². The lowest BCUT2D eigenvalue weighted by molar-refractivity contribution is -0.107. The zero-order valence-corrected chi connectivity index (χ0v) is 26.3. The molecule has 42 heavy (non-hydrogen) atoms. The molecule has 0 amide bonds. The van der Waals surface area contributed by atoms with Crippen LogP contribution in [0.5, 0.6) is 0 Å². The van der Waals surface area contributed by atoms with E-state index in [2.05, 4.69) is 91.8 Å². The third-order valence-corrected chi connectivity index (χ3v) is 7.66. The minimum atomic E-state index is -0.186. The summed E-state index contributed by atoms with van der Waals surface area (Å²) in [5.41, 5.74) is 8.66. The largest absolute Gasteiger partial charge is 0.285 e. The van der Waals surface area contributed by atoms with Crippen molar-refractivity contribution in [1.29, 1.82) is 0 Å². The lowest BCUT2D eigenvalue weighted by atomic mass is 9.91. The average Bonchev–Trinajstić information content (AvgIpc) is 2.98. The van der Waals surface area contributed by atoms with Gasteiger partial charge in [-0.25, -0.2) is 9.98 Å². The monoisotopic (exact) mass is 556 g/mol. The molecule has 0 N–H and O–H groups in total. The minimum Gasteiger partial charge on any atom is -0.285 e. The first-order chi connectivity index (χ1) is 20.1. The fraction of sp³-hybridized carbons (Fsp3) is 0.308. The molecule has 0 saturated heterocycles. The topological polar surface area (TPSA) is 41.8 Å². The number of hydrogen-bond acceptors (Lipinski definition) is 3. The van der Waals surface area contributed by atoms with E-state index in [1.165, 1.54) is 0 Å². The molecule has 216 valence electrons. The number of ketones is 1. The van der Waals surface area contributed by atoms with Crippen LogP contribution >= 0.6 is 0 Å². The molecule has 0 saturated carbocycles. The normalized spacial score (nSPS) is 12.6. The molecule has 4 aromatic rings. The molecular weight excluding hydrogens is 512 g/mol. The highest BCUT2D eigenvalue weighted by Crippen LogP contribution is 2.37. The SMILES string of the molecule is CC(C)c1cccc(C(C)C)c1N=C(C(=O)C(=Nc1c(C(C)C)cccc1C(C)C)c1ccccc1)c1ccccc1. The van der Waals surface area contributed by atoms with Crippen molar-refractivity contribution in [2.24, 2.45) is 9.98 Å². The third kappa shape index (κ3) is 6.85. The molecule has 0 bridgehead atoms. The van der Waals surface area contributed by atoms with Gasteiger partial charge in [0.2, 0.25) is 5.78 Å². The van der Waals surface area contributed by atoms with Crippen molar-refractivity contribution in [1.82, 2.24) is 0 Å². The fourth-order valence-corrected chi connectivity index (χ4v) is 5.30. The number of rotatable bonds is 10. The Morgan fingerprint density at radius 1 is 0.429 bits per heavy atom. The summed E-state index contributed by atoms with van der Waals surface area (Å²) in [5.74, 6) is 0.826. The molecule has 0 aliphatic heterocycles. The predicted molar refractivity (Wildman–Crippen MR) is 180 cm³/mol. The number of para-hydroxylation sites is 2. The fourth-order valence-electron chi connectivity index (χ4n) is 5.30. The zero-order valence-electron chi connectivity index (χ0n) is 26.3. The van der Waals surface area contributed by atoms with E-state index in [0.717, 1.165) is 44.8 Å². The van der Waals surface area contributed by atoms with Gasteiger partial charge in [0.25, 0.3) is 0 Å². The van der Waals surface area contributed by atoms with Gasteiger partial charge in [0, 0.05) is 11.1 Å². The molecule has 0 heterocycles. The van der Waals surface area contributed by atoms with Crippen molar-refractivity contribution in [2.45, 2.75) is 79.1 Å². The molecule has 0 fully saturated rings. The van der Waals surface area contributed by atoms with Crippen LogP contribution in [0, 0.1) is 0 Å². The lowest BCUT2D eigenvalue weighted by Gasteiger charge is -2.19. The smallest absolute Gasteiger partial charge is 0.230 e. The van der Waals surface area contributed by atoms with Crippen LogP contribution in [0.1, 0.15) is 112 Å². The Morgan fingerprint density at radius 2 is 0.714 bits per heavy atom. The van der Waals surface area contributed by atoms with Crippen LogP contribution in [-0.2, 0) is 4.79 Å². The van der Waals surface area contributed by atoms with Gasteiger partial charge < -0.3 is 0 Å². The third-order valence-electron chi connectivity index (χ3n) is 7.66. The summed E-state index contributed by atoms with van der Waals surface area (Å²) in [6.45, 7) is 17.4. The second-order valence-electron chi connectivity index (χ2n) is 12.2. The summed E-state index contributed by atoms with van der Waals surface area (Å²) < 4.78 is 0. The molecule has 0 radical (unpaired) electrons. The lowest BCUT2D eigenvalue weighted by Crippen LogP contribution is -2.26. The number of hydrogen-bond donors (Lipinski definition) is 0. The highest BCUT2D eigenvalue weighted by molar-refractivity contribution is 6.72. The molecule has 4 aromatic carbocycles. The van der Waals surface area contributed by atoms with Gasteiger partial charge in [-0.05, 0) is 45.9 Å². The van der Waals surface area contributed by atoms with Crippen LogP contribution in [0.2, 0.25) is 0 Å². The Kier molecular flexibility index (Phi) is 10.1. The van der Waals surface area contributed by atoms with Gasteiger partial charge in [-0.15, -0.1) is 0 Å². The highest BCUT2D eigenvalue weighted by Gasteiger charge is 2.25. The van der Waals surface area contributed by atoms with E-state index < -0.39 is 0 Å². The van der Waals surface area contributed by atoms with Crippen molar-refractivity contribution in [2.75, 3.05) is 0 Å². The van der Waals surface area contributed by atoms with E-state index in [4.69, 9.17) is 9.98 Å². The zero-order chi connectivity index (χ0) is 30.4. The van der Waals surface area contributed by atoms with Crippen LogP contribution in [0.4, 0.5) is 11.4 Å². The Hall–Kier alpha value is -4.11. The maximum absolute atomic E-state index is 14.9. The van der Waals surface area contributed by atoms with E-state index in [-0.39, 0.29) is 29.5 Å². The van der Waals surface area contributed by atoms with Crippen molar-refractivity contribution in [3.8, 4) is 0 Å². The van der Waals surface area contributed by atoms with Crippen molar-refractivity contribution in [3.63, 3.8) is 0 Å². The van der Waals surface area contributed by atoms with Crippen LogP contribution in [0.25, 0.3) is 0 Å². The van der Waals surface area contributed by atoms with Crippen LogP contribution in [-0.4, -0.2) is 17.2 Å². The second-order valence-corrected chi connectivity index (χ2v) is 12.2. The minimum absolute atomic E-state index is 0.186. The number of aliphatic imine (C=N–C) groups is 2. The van der Waals surface area contributed by atoms with Crippen molar-refractivity contribution in [3.05, 3.63) is 130 Å². The summed E-state index contributed by atoms with van der Waals surface area (Å²) in [7, 11) is 0. The summed E-state index contributed by atoms with van der Waals surface area (Å²) in [6.07, 6.45) is 0. The predicted octanol–water partition coefficient (Wildman–Crippen LogP) is 10.7.